The molecule has 0 amide bonds. The molecule has 0 bridgehead atoms. The maximum atomic E-state index is 2.28. The van der Waals surface area contributed by atoms with Gasteiger partial charge >= 0.3 is 29.6 Å². The normalized spacial score (nSPS) is 10.5. The third-order valence-electron chi connectivity index (χ3n) is 2.68. The molecule has 16 heavy (non-hydrogen) atoms. The third-order valence-corrected chi connectivity index (χ3v) is 2.68. The molecule has 0 atom stereocenters. The van der Waals surface area contributed by atoms with Crippen molar-refractivity contribution in [3.05, 3.63) is 0 Å². The first-order chi connectivity index (χ1) is 6.56. The number of hydrogen-bond acceptors (Lipinski definition) is 0. The molecule has 3 heteroatoms. The Balaban J connectivity index is -0.000000845. The molecule has 0 aliphatic rings. The first-order valence-electron chi connectivity index (χ1n) is 6.36. The van der Waals surface area contributed by atoms with Crippen molar-refractivity contribution in [3.8, 4) is 0 Å². The van der Waals surface area contributed by atoms with Crippen molar-refractivity contribution in [2.75, 3.05) is 27.7 Å². The molecule has 0 aromatic carbocycles. The molecule has 0 spiro atoms. The Kier molecular flexibility index (Phi) is 20.1. The van der Waals surface area contributed by atoms with Crippen molar-refractivity contribution in [1.82, 2.24) is 0 Å². The van der Waals surface area contributed by atoms with E-state index in [0.717, 1.165) is 4.48 Å². The zero-order valence-electron chi connectivity index (χ0n) is 11.2. The summed E-state index contributed by atoms with van der Waals surface area (Å²) in [5, 5.41) is 0. The van der Waals surface area contributed by atoms with E-state index in [9.17, 15) is 0 Å². The Bertz CT molecular complexity index is 124. The van der Waals surface area contributed by atoms with Gasteiger partial charge in [0.15, 0.2) is 0 Å². The van der Waals surface area contributed by atoms with Crippen LogP contribution in [0.4, 0.5) is 0 Å². The molecule has 0 aromatic rings. The summed E-state index contributed by atoms with van der Waals surface area (Å²) in [4.78, 5) is 0. The molecule has 1 nitrogen and oxygen atoms in total. The standard InChI is InChI=1S/C13H30N.ClH.Na.H/c1-5-6-7-8-9-10-11-12-13-14(2,3)4;;;/h5-13H2,1-4H3;1H;;/q+1;;;. The van der Waals surface area contributed by atoms with Gasteiger partial charge in [0.25, 0.3) is 0 Å². The summed E-state index contributed by atoms with van der Waals surface area (Å²) in [6, 6.07) is 0. The zero-order chi connectivity index (χ0) is 10.9. The van der Waals surface area contributed by atoms with Gasteiger partial charge in [0.05, 0.1) is 27.7 Å². The zero-order valence-corrected chi connectivity index (χ0v) is 12.0. The maximum absolute atomic E-state index is 2.28. The topological polar surface area (TPSA) is 0 Å². The fraction of sp³-hybridized carbons (Fsp3) is 1.00. The van der Waals surface area contributed by atoms with Gasteiger partial charge < -0.3 is 4.48 Å². The van der Waals surface area contributed by atoms with E-state index in [1.165, 1.54) is 57.9 Å². The van der Waals surface area contributed by atoms with Crippen LogP contribution in [0.15, 0.2) is 0 Å². The molecule has 0 unspecified atom stereocenters. The van der Waals surface area contributed by atoms with Gasteiger partial charge in [-0.05, 0) is 12.8 Å². The molecule has 0 saturated heterocycles. The van der Waals surface area contributed by atoms with E-state index in [1.54, 1.807) is 0 Å². The molecule has 0 N–H and O–H groups in total. The van der Waals surface area contributed by atoms with Crippen molar-refractivity contribution in [1.29, 1.82) is 0 Å². The first kappa shape index (κ1) is 22.4. The van der Waals surface area contributed by atoms with Gasteiger partial charge in [-0.25, -0.2) is 0 Å². The SMILES string of the molecule is CCCCCCCCCC[N+](C)(C)C.Cl.[NaH]. The molecular formula is C13H32ClNNa+. The number of halogens is 1. The van der Waals surface area contributed by atoms with Crippen LogP contribution in [0.5, 0.6) is 0 Å². The van der Waals surface area contributed by atoms with Crippen molar-refractivity contribution >= 4 is 42.0 Å². The van der Waals surface area contributed by atoms with Gasteiger partial charge in [0.2, 0.25) is 0 Å². The van der Waals surface area contributed by atoms with E-state index in [2.05, 4.69) is 28.1 Å². The molecule has 96 valence electrons. The molecule has 0 aliphatic carbocycles. The summed E-state index contributed by atoms with van der Waals surface area (Å²) in [5.74, 6) is 0. The fourth-order valence-electron chi connectivity index (χ4n) is 1.72. The van der Waals surface area contributed by atoms with E-state index >= 15 is 0 Å². The fourth-order valence-corrected chi connectivity index (χ4v) is 1.72. The predicted octanol–water partition coefficient (Wildman–Crippen LogP) is 3.61. The van der Waals surface area contributed by atoms with Gasteiger partial charge in [-0.1, -0.05) is 45.4 Å². The van der Waals surface area contributed by atoms with Crippen LogP contribution in [0.3, 0.4) is 0 Å². The molecular weight excluding hydrogens is 229 g/mol. The van der Waals surface area contributed by atoms with Crippen LogP contribution in [-0.2, 0) is 0 Å². The van der Waals surface area contributed by atoms with E-state index in [4.69, 9.17) is 0 Å². The second-order valence-electron chi connectivity index (χ2n) is 5.49. The van der Waals surface area contributed by atoms with Crippen LogP contribution >= 0.6 is 12.4 Å². The summed E-state index contributed by atoms with van der Waals surface area (Å²) < 4.78 is 1.12. The van der Waals surface area contributed by atoms with Crippen molar-refractivity contribution in [3.63, 3.8) is 0 Å². The van der Waals surface area contributed by atoms with Crippen molar-refractivity contribution in [2.45, 2.75) is 58.3 Å². The minimum absolute atomic E-state index is 0. The molecule has 0 heterocycles. The number of rotatable bonds is 9. The monoisotopic (exact) mass is 260 g/mol. The summed E-state index contributed by atoms with van der Waals surface area (Å²) in [5.41, 5.74) is 0. The van der Waals surface area contributed by atoms with Crippen molar-refractivity contribution in [2.24, 2.45) is 0 Å². The summed E-state index contributed by atoms with van der Waals surface area (Å²) >= 11 is 0. The quantitative estimate of drug-likeness (QED) is 0.338. The first-order valence-corrected chi connectivity index (χ1v) is 6.36. The number of unbranched alkanes of at least 4 members (excludes halogenated alkanes) is 7. The van der Waals surface area contributed by atoms with E-state index in [-0.39, 0.29) is 42.0 Å². The van der Waals surface area contributed by atoms with Gasteiger partial charge in [0.1, 0.15) is 0 Å². The molecule has 0 rings (SSSR count). The summed E-state index contributed by atoms with van der Waals surface area (Å²) in [7, 11) is 6.84. The van der Waals surface area contributed by atoms with E-state index in [1.807, 2.05) is 0 Å². The Morgan fingerprint density at radius 3 is 1.44 bits per heavy atom. The van der Waals surface area contributed by atoms with Gasteiger partial charge in [-0.2, -0.15) is 0 Å². The number of nitrogens with zero attached hydrogens (tertiary/aromatic N) is 1. The van der Waals surface area contributed by atoms with Gasteiger partial charge in [-0.3, -0.25) is 0 Å². The van der Waals surface area contributed by atoms with Crippen LogP contribution in [0, 0.1) is 0 Å². The molecule has 0 aromatic heterocycles. The van der Waals surface area contributed by atoms with Crippen LogP contribution in [-0.4, -0.2) is 61.7 Å². The summed E-state index contributed by atoms with van der Waals surface area (Å²) in [6.45, 7) is 3.61. The molecule has 0 fully saturated rings. The van der Waals surface area contributed by atoms with Crippen LogP contribution in [0.1, 0.15) is 58.3 Å². The van der Waals surface area contributed by atoms with Crippen molar-refractivity contribution < 1.29 is 4.48 Å². The Morgan fingerprint density at radius 2 is 1.06 bits per heavy atom. The molecule has 0 aliphatic heterocycles. The summed E-state index contributed by atoms with van der Waals surface area (Å²) in [6.07, 6.45) is 11.4. The van der Waals surface area contributed by atoms with Gasteiger partial charge in [0, 0.05) is 0 Å². The van der Waals surface area contributed by atoms with E-state index < -0.39 is 0 Å². The van der Waals surface area contributed by atoms with Crippen LogP contribution in [0.2, 0.25) is 0 Å². The molecule has 0 saturated carbocycles. The van der Waals surface area contributed by atoms with Crippen LogP contribution < -0.4 is 0 Å². The van der Waals surface area contributed by atoms with Crippen LogP contribution in [0.25, 0.3) is 0 Å². The predicted molar refractivity (Wildman–Crippen MR) is 79.9 cm³/mol. The molecule has 0 radical (unpaired) electrons. The Morgan fingerprint density at radius 1 is 0.688 bits per heavy atom. The van der Waals surface area contributed by atoms with Gasteiger partial charge in [-0.15, -0.1) is 12.4 Å². The second-order valence-corrected chi connectivity index (χ2v) is 5.49. The Hall–Kier alpha value is 1.25. The number of hydrogen-bond donors (Lipinski definition) is 0. The van der Waals surface area contributed by atoms with E-state index in [0.29, 0.717) is 0 Å². The Labute approximate surface area is 132 Å². The third kappa shape index (κ3) is 20.6. The average molecular weight is 261 g/mol. The second kappa shape index (κ2) is 14.3. The average Bonchev–Trinajstić information content (AvgIpc) is 2.08. The number of quaternary nitrogens is 1. The minimum atomic E-state index is 0.